The molecule has 3 heterocycles. The maximum atomic E-state index is 12.9. The molecule has 1 N–H and O–H groups in total. The van der Waals surface area contributed by atoms with E-state index in [0.29, 0.717) is 41.9 Å². The van der Waals surface area contributed by atoms with Crippen molar-refractivity contribution in [3.63, 3.8) is 0 Å². The molecule has 11 heteroatoms. The lowest BCUT2D eigenvalue weighted by Crippen LogP contribution is -2.47. The smallest absolute Gasteiger partial charge is 0.279 e. The number of aromatic nitrogens is 3. The highest BCUT2D eigenvalue weighted by Crippen LogP contribution is 2.39. The second kappa shape index (κ2) is 12.8. The maximum Gasteiger partial charge on any atom is 0.279 e. The quantitative estimate of drug-likeness (QED) is 0.335. The van der Waals surface area contributed by atoms with Crippen LogP contribution in [0.4, 0.5) is 5.69 Å². The van der Waals surface area contributed by atoms with Crippen molar-refractivity contribution in [2.45, 2.75) is 20.4 Å². The zero-order valence-corrected chi connectivity index (χ0v) is 25.3. The highest BCUT2D eigenvalue weighted by atomic mass is 35.5. The Morgan fingerprint density at radius 3 is 2.40 bits per heavy atom. The first-order valence-electron chi connectivity index (χ1n) is 13.9. The first-order chi connectivity index (χ1) is 20.7. The zero-order chi connectivity index (χ0) is 30.7. The third kappa shape index (κ3) is 6.30. The van der Waals surface area contributed by atoms with Crippen molar-refractivity contribution in [1.82, 2.24) is 24.6 Å². The third-order valence-corrected chi connectivity index (χ3v) is 8.15. The highest BCUT2D eigenvalue weighted by Gasteiger charge is 2.21. The molecule has 2 aromatic heterocycles. The average Bonchev–Trinajstić information content (AvgIpc) is 3.00. The predicted molar refractivity (Wildman–Crippen MR) is 166 cm³/mol. The molecule has 2 aromatic carbocycles. The number of anilines is 1. The predicted octanol–water partition coefficient (Wildman–Crippen LogP) is 4.40. The molecule has 4 aromatic rings. The molecule has 1 aliphatic rings. The lowest BCUT2D eigenvalue weighted by Gasteiger charge is -2.34. The van der Waals surface area contributed by atoms with E-state index in [9.17, 15) is 14.4 Å². The molecular weight excluding hydrogens is 568 g/mol. The van der Waals surface area contributed by atoms with Crippen molar-refractivity contribution in [2.75, 3.05) is 38.6 Å². The van der Waals surface area contributed by atoms with Crippen molar-refractivity contribution < 1.29 is 14.3 Å². The van der Waals surface area contributed by atoms with Crippen LogP contribution in [0.3, 0.4) is 0 Å². The second-order valence-electron chi connectivity index (χ2n) is 10.4. The summed E-state index contributed by atoms with van der Waals surface area (Å²) in [6.45, 7) is 7.15. The molecule has 0 bridgehead atoms. The molecule has 0 atom stereocenters. The van der Waals surface area contributed by atoms with E-state index in [4.69, 9.17) is 21.3 Å². The summed E-state index contributed by atoms with van der Waals surface area (Å²) >= 11 is 7.01. The van der Waals surface area contributed by atoms with Gasteiger partial charge in [-0.3, -0.25) is 19.3 Å². The fourth-order valence-corrected chi connectivity index (χ4v) is 5.57. The number of amides is 2. The van der Waals surface area contributed by atoms with Gasteiger partial charge in [0.2, 0.25) is 11.8 Å². The minimum absolute atomic E-state index is 0.00382. The SMILES string of the molecule is COc1nc(-c2cccc(-c3cccc(NC(=O)c4ccnn(C)c4=O)c3C)c2Cl)ccc1CN1CCN(C(C)=O)CC1. The number of halogens is 1. The van der Waals surface area contributed by atoms with E-state index in [2.05, 4.69) is 15.3 Å². The molecule has 0 radical (unpaired) electrons. The van der Waals surface area contributed by atoms with Gasteiger partial charge in [-0.25, -0.2) is 9.67 Å². The van der Waals surface area contributed by atoms with Crippen LogP contribution in [0.25, 0.3) is 22.4 Å². The van der Waals surface area contributed by atoms with Gasteiger partial charge in [-0.05, 0) is 36.2 Å². The van der Waals surface area contributed by atoms with Crippen molar-refractivity contribution in [1.29, 1.82) is 0 Å². The lowest BCUT2D eigenvalue weighted by molar-refractivity contribution is -0.130. The van der Waals surface area contributed by atoms with E-state index in [1.165, 1.54) is 19.3 Å². The fraction of sp³-hybridized carbons (Fsp3) is 0.281. The Balaban J connectivity index is 1.40. The number of benzene rings is 2. The number of hydrogen-bond acceptors (Lipinski definition) is 7. The van der Waals surface area contributed by atoms with Gasteiger partial charge in [0, 0.05) is 75.3 Å². The van der Waals surface area contributed by atoms with Crippen molar-refractivity contribution in [3.05, 3.63) is 92.9 Å². The van der Waals surface area contributed by atoms with E-state index in [1.807, 2.05) is 54.3 Å². The average molecular weight is 601 g/mol. The molecule has 2 amide bonds. The van der Waals surface area contributed by atoms with Crippen LogP contribution in [-0.4, -0.2) is 69.7 Å². The largest absolute Gasteiger partial charge is 0.481 e. The molecule has 43 heavy (non-hydrogen) atoms. The van der Waals surface area contributed by atoms with Crippen molar-refractivity contribution >= 4 is 29.1 Å². The molecule has 10 nitrogen and oxygen atoms in total. The number of methoxy groups -OCH3 is 1. The van der Waals surface area contributed by atoms with Crippen molar-refractivity contribution in [2.24, 2.45) is 7.05 Å². The molecule has 0 aliphatic carbocycles. The van der Waals surface area contributed by atoms with Crippen molar-refractivity contribution in [3.8, 4) is 28.3 Å². The van der Waals surface area contributed by atoms with Gasteiger partial charge in [-0.1, -0.05) is 48.0 Å². The summed E-state index contributed by atoms with van der Waals surface area (Å²) in [6, 6.07) is 16.6. The first-order valence-corrected chi connectivity index (χ1v) is 14.3. The Bertz CT molecular complexity index is 1750. The summed E-state index contributed by atoms with van der Waals surface area (Å²) in [6.07, 6.45) is 1.41. The van der Waals surface area contributed by atoms with Crippen LogP contribution in [0.1, 0.15) is 28.4 Å². The van der Waals surface area contributed by atoms with Crippen LogP contribution in [0.2, 0.25) is 5.02 Å². The van der Waals surface area contributed by atoms with Gasteiger partial charge in [-0.15, -0.1) is 0 Å². The number of nitrogens with one attached hydrogen (secondary N) is 1. The van der Waals surface area contributed by atoms with Crippen LogP contribution in [0.5, 0.6) is 5.88 Å². The Labute approximate surface area is 254 Å². The third-order valence-electron chi connectivity index (χ3n) is 7.74. The van der Waals surface area contributed by atoms with Gasteiger partial charge >= 0.3 is 0 Å². The Kier molecular flexibility index (Phi) is 8.89. The van der Waals surface area contributed by atoms with Crippen LogP contribution in [0.15, 0.2) is 65.6 Å². The number of piperazine rings is 1. The minimum Gasteiger partial charge on any atom is -0.481 e. The van der Waals surface area contributed by atoms with Crippen LogP contribution in [-0.2, 0) is 18.4 Å². The van der Waals surface area contributed by atoms with Crippen LogP contribution < -0.4 is 15.6 Å². The maximum absolute atomic E-state index is 12.9. The molecular formula is C32H33ClN6O4. The molecule has 1 saturated heterocycles. The summed E-state index contributed by atoms with van der Waals surface area (Å²) in [7, 11) is 3.10. The molecule has 0 unspecified atom stereocenters. The van der Waals surface area contributed by atoms with Gasteiger partial charge < -0.3 is 15.0 Å². The number of aryl methyl sites for hydroxylation is 1. The number of nitrogens with zero attached hydrogens (tertiary/aromatic N) is 5. The van der Waals surface area contributed by atoms with E-state index < -0.39 is 11.5 Å². The summed E-state index contributed by atoms with van der Waals surface area (Å²) < 4.78 is 6.79. The highest BCUT2D eigenvalue weighted by molar-refractivity contribution is 6.36. The van der Waals surface area contributed by atoms with Crippen LogP contribution in [0, 0.1) is 6.92 Å². The fourth-order valence-electron chi connectivity index (χ4n) is 5.25. The minimum atomic E-state index is -0.514. The molecule has 1 fully saturated rings. The second-order valence-corrected chi connectivity index (χ2v) is 10.8. The van der Waals surface area contributed by atoms with E-state index in [-0.39, 0.29) is 11.5 Å². The number of rotatable bonds is 7. The van der Waals surface area contributed by atoms with Gasteiger partial charge in [-0.2, -0.15) is 5.10 Å². The van der Waals surface area contributed by atoms with E-state index in [0.717, 1.165) is 45.6 Å². The number of hydrogen-bond donors (Lipinski definition) is 1. The van der Waals surface area contributed by atoms with E-state index in [1.54, 1.807) is 20.1 Å². The number of pyridine rings is 1. The molecule has 5 rings (SSSR count). The van der Waals surface area contributed by atoms with Gasteiger partial charge in [0.05, 0.1) is 17.8 Å². The number of carbonyl (C=O) groups is 2. The van der Waals surface area contributed by atoms with Crippen LogP contribution >= 0.6 is 11.6 Å². The topological polar surface area (TPSA) is 110 Å². The first kappa shape index (κ1) is 29.9. The van der Waals surface area contributed by atoms with Gasteiger partial charge in [0.15, 0.2) is 0 Å². The number of carbonyl (C=O) groups excluding carboxylic acids is 2. The normalized spacial score (nSPS) is 13.6. The zero-order valence-electron chi connectivity index (χ0n) is 24.6. The molecule has 222 valence electrons. The number of ether oxygens (including phenoxy) is 1. The lowest BCUT2D eigenvalue weighted by atomic mass is 9.96. The summed E-state index contributed by atoms with van der Waals surface area (Å²) in [5, 5.41) is 7.25. The standard InChI is InChI=1S/C32H33ClN6O4/c1-20-23(7-6-10-27(20)35-30(41)26-13-14-34-37(3)32(26)42)24-8-5-9-25(29(24)33)28-12-11-22(31(36-28)43-4)19-38-15-17-39(18-16-38)21(2)40/h5-14H,15-19H2,1-4H3,(H,35,41). The Morgan fingerprint density at radius 1 is 0.977 bits per heavy atom. The Hall–Kier alpha value is -4.54. The Morgan fingerprint density at radius 2 is 1.67 bits per heavy atom. The van der Waals surface area contributed by atoms with Gasteiger partial charge in [0.1, 0.15) is 5.56 Å². The molecule has 0 spiro atoms. The van der Waals surface area contributed by atoms with Gasteiger partial charge in [0.25, 0.3) is 11.5 Å². The summed E-state index contributed by atoms with van der Waals surface area (Å²) in [4.78, 5) is 45.9. The molecule has 0 saturated carbocycles. The summed E-state index contributed by atoms with van der Waals surface area (Å²) in [5.74, 6) is 0.113. The summed E-state index contributed by atoms with van der Waals surface area (Å²) in [5.41, 5.74) is 4.87. The molecule has 1 aliphatic heterocycles. The van der Waals surface area contributed by atoms with E-state index >= 15 is 0 Å². The monoisotopic (exact) mass is 600 g/mol.